The second kappa shape index (κ2) is 6.64. The first-order chi connectivity index (χ1) is 12.7. The highest BCUT2D eigenvalue weighted by molar-refractivity contribution is 6.01. The van der Waals surface area contributed by atoms with E-state index in [1.807, 2.05) is 41.2 Å². The molecule has 2 aromatic carbocycles. The maximum Gasteiger partial charge on any atom is 0.271 e. The second-order valence-electron chi connectivity index (χ2n) is 5.58. The maximum absolute atomic E-state index is 12.5. The van der Waals surface area contributed by atoms with Gasteiger partial charge in [-0.05, 0) is 42.5 Å². The molecule has 2 heterocycles. The molecule has 0 atom stereocenters. The number of hydrazine groups is 1. The van der Waals surface area contributed by atoms with Gasteiger partial charge in [-0.15, -0.1) is 0 Å². The lowest BCUT2D eigenvalue weighted by Crippen LogP contribution is -2.41. The number of carbonyl (C=O) groups excluding carboxylic acids is 2. The van der Waals surface area contributed by atoms with E-state index in [4.69, 9.17) is 9.47 Å². The zero-order valence-corrected chi connectivity index (χ0v) is 13.6. The smallest absolute Gasteiger partial charge is 0.271 e. The topological polar surface area (TPSA) is 81.6 Å². The fraction of sp³-hybridized carbons (Fsp3) is 0.0526. The quantitative estimate of drug-likeness (QED) is 0.711. The minimum atomic E-state index is -0.449. The molecule has 4 rings (SSSR count). The summed E-state index contributed by atoms with van der Waals surface area (Å²) in [5.41, 5.74) is 6.37. The van der Waals surface area contributed by atoms with Crippen molar-refractivity contribution < 1.29 is 19.1 Å². The minimum absolute atomic E-state index is 0.132. The molecule has 26 heavy (non-hydrogen) atoms. The van der Waals surface area contributed by atoms with E-state index in [-0.39, 0.29) is 6.79 Å². The molecule has 7 heteroatoms. The standard InChI is InChI=1S/C19H15N3O4/c23-18(13-7-8-16-17(11-13)26-12-25-16)20-21-19(24)14-5-1-2-6-15(14)22-9-3-4-10-22/h1-11H,12H2,(H,20,23)(H,21,24). The number of para-hydroxylation sites is 1. The Morgan fingerprint density at radius 3 is 2.42 bits per heavy atom. The first-order valence-electron chi connectivity index (χ1n) is 7.95. The Hall–Kier alpha value is -3.74. The first-order valence-corrected chi connectivity index (χ1v) is 7.95. The van der Waals surface area contributed by atoms with Crippen molar-refractivity contribution in [3.63, 3.8) is 0 Å². The number of benzene rings is 2. The van der Waals surface area contributed by atoms with Gasteiger partial charge in [0.25, 0.3) is 11.8 Å². The molecule has 0 spiro atoms. The summed E-state index contributed by atoms with van der Waals surface area (Å²) in [6.45, 7) is 0.132. The van der Waals surface area contributed by atoms with Crippen molar-refractivity contribution in [1.29, 1.82) is 0 Å². The predicted octanol–water partition coefficient (Wildman–Crippen LogP) is 2.28. The lowest BCUT2D eigenvalue weighted by molar-refractivity contribution is 0.0846. The lowest BCUT2D eigenvalue weighted by atomic mass is 10.1. The highest BCUT2D eigenvalue weighted by atomic mass is 16.7. The van der Waals surface area contributed by atoms with Crippen LogP contribution >= 0.6 is 0 Å². The molecule has 1 aromatic heterocycles. The molecule has 0 fully saturated rings. The van der Waals surface area contributed by atoms with Crippen molar-refractivity contribution in [2.45, 2.75) is 0 Å². The number of amides is 2. The fourth-order valence-corrected chi connectivity index (χ4v) is 2.68. The molecule has 2 amide bonds. The third kappa shape index (κ3) is 2.98. The van der Waals surface area contributed by atoms with Gasteiger partial charge in [0.15, 0.2) is 11.5 Å². The first kappa shape index (κ1) is 15.8. The molecule has 1 aliphatic heterocycles. The Morgan fingerprint density at radius 1 is 0.846 bits per heavy atom. The summed E-state index contributed by atoms with van der Waals surface area (Å²) < 4.78 is 12.3. The number of carbonyl (C=O) groups is 2. The Morgan fingerprint density at radius 2 is 1.58 bits per heavy atom. The van der Waals surface area contributed by atoms with E-state index in [1.165, 1.54) is 0 Å². The van der Waals surface area contributed by atoms with Crippen molar-refractivity contribution in [2.24, 2.45) is 0 Å². The van der Waals surface area contributed by atoms with Crippen molar-refractivity contribution in [3.05, 3.63) is 78.1 Å². The van der Waals surface area contributed by atoms with E-state index in [1.54, 1.807) is 30.3 Å². The van der Waals surface area contributed by atoms with Gasteiger partial charge in [0, 0.05) is 18.0 Å². The SMILES string of the molecule is O=C(NNC(=O)c1ccccc1-n1cccc1)c1ccc2c(c1)OCO2. The normalized spacial score (nSPS) is 11.8. The van der Waals surface area contributed by atoms with Gasteiger partial charge in [0.1, 0.15) is 0 Å². The van der Waals surface area contributed by atoms with Crippen LogP contribution in [0.25, 0.3) is 5.69 Å². The van der Waals surface area contributed by atoms with Crippen LogP contribution in [0, 0.1) is 0 Å². The van der Waals surface area contributed by atoms with Crippen LogP contribution in [0.4, 0.5) is 0 Å². The lowest BCUT2D eigenvalue weighted by Gasteiger charge is -2.12. The van der Waals surface area contributed by atoms with Crippen molar-refractivity contribution >= 4 is 11.8 Å². The number of fused-ring (bicyclic) bond motifs is 1. The van der Waals surface area contributed by atoms with E-state index >= 15 is 0 Å². The molecule has 0 radical (unpaired) electrons. The number of aromatic nitrogens is 1. The van der Waals surface area contributed by atoms with Crippen molar-refractivity contribution in [1.82, 2.24) is 15.4 Å². The van der Waals surface area contributed by atoms with Gasteiger partial charge in [-0.3, -0.25) is 20.4 Å². The summed E-state index contributed by atoms with van der Waals surface area (Å²) in [6, 6.07) is 15.7. The number of nitrogens with zero attached hydrogens (tertiary/aromatic N) is 1. The molecule has 0 saturated heterocycles. The minimum Gasteiger partial charge on any atom is -0.454 e. The van der Waals surface area contributed by atoms with Crippen LogP contribution in [0.5, 0.6) is 11.5 Å². The predicted molar refractivity (Wildman–Crippen MR) is 93.3 cm³/mol. The highest BCUT2D eigenvalue weighted by Gasteiger charge is 2.17. The van der Waals surface area contributed by atoms with Crippen LogP contribution < -0.4 is 20.3 Å². The summed E-state index contributed by atoms with van der Waals surface area (Å²) in [7, 11) is 0. The summed E-state index contributed by atoms with van der Waals surface area (Å²) in [6.07, 6.45) is 3.69. The largest absolute Gasteiger partial charge is 0.454 e. The van der Waals surface area contributed by atoms with Gasteiger partial charge in [0.2, 0.25) is 6.79 Å². The number of ether oxygens (including phenoxy) is 2. The van der Waals surface area contributed by atoms with Gasteiger partial charge >= 0.3 is 0 Å². The molecular weight excluding hydrogens is 334 g/mol. The van der Waals surface area contributed by atoms with E-state index in [9.17, 15) is 9.59 Å². The van der Waals surface area contributed by atoms with Gasteiger partial charge in [0.05, 0.1) is 11.3 Å². The third-order valence-corrected chi connectivity index (χ3v) is 3.96. The molecule has 0 saturated carbocycles. The molecule has 130 valence electrons. The number of hydrogen-bond acceptors (Lipinski definition) is 4. The van der Waals surface area contributed by atoms with E-state index in [2.05, 4.69) is 10.9 Å². The third-order valence-electron chi connectivity index (χ3n) is 3.96. The zero-order chi connectivity index (χ0) is 17.9. The molecule has 0 bridgehead atoms. The zero-order valence-electron chi connectivity index (χ0n) is 13.6. The van der Waals surface area contributed by atoms with Crippen molar-refractivity contribution in [2.75, 3.05) is 6.79 Å². The van der Waals surface area contributed by atoms with Crippen LogP contribution in [-0.4, -0.2) is 23.2 Å². The highest BCUT2D eigenvalue weighted by Crippen LogP contribution is 2.32. The molecule has 0 aliphatic carbocycles. The van der Waals surface area contributed by atoms with Crippen LogP contribution in [0.15, 0.2) is 67.0 Å². The summed E-state index contributed by atoms with van der Waals surface area (Å²) in [5.74, 6) is 0.228. The van der Waals surface area contributed by atoms with Gasteiger partial charge in [-0.1, -0.05) is 12.1 Å². The molecule has 7 nitrogen and oxygen atoms in total. The Balaban J connectivity index is 1.47. The van der Waals surface area contributed by atoms with Crippen molar-refractivity contribution in [3.8, 4) is 17.2 Å². The van der Waals surface area contributed by atoms with E-state index < -0.39 is 11.8 Å². The van der Waals surface area contributed by atoms with Gasteiger partial charge in [-0.25, -0.2) is 0 Å². The monoisotopic (exact) mass is 349 g/mol. The summed E-state index contributed by atoms with van der Waals surface area (Å²) in [4.78, 5) is 24.8. The van der Waals surface area contributed by atoms with E-state index in [0.717, 1.165) is 0 Å². The second-order valence-corrected chi connectivity index (χ2v) is 5.58. The summed E-state index contributed by atoms with van der Waals surface area (Å²) >= 11 is 0. The Labute approximate surface area is 149 Å². The molecular formula is C19H15N3O4. The van der Waals surface area contributed by atoms with E-state index in [0.29, 0.717) is 28.3 Å². The number of rotatable bonds is 3. The summed E-state index contributed by atoms with van der Waals surface area (Å²) in [5, 5.41) is 0. The van der Waals surface area contributed by atoms with Gasteiger partial charge in [-0.2, -0.15) is 0 Å². The molecule has 2 N–H and O–H groups in total. The van der Waals surface area contributed by atoms with Crippen LogP contribution in [-0.2, 0) is 0 Å². The van der Waals surface area contributed by atoms with Crippen LogP contribution in [0.1, 0.15) is 20.7 Å². The maximum atomic E-state index is 12.5. The fourth-order valence-electron chi connectivity index (χ4n) is 2.68. The average Bonchev–Trinajstić information content (AvgIpc) is 3.36. The van der Waals surface area contributed by atoms with Gasteiger partial charge < -0.3 is 14.0 Å². The Kier molecular flexibility index (Phi) is 4.03. The van der Waals surface area contributed by atoms with Crippen LogP contribution in [0.3, 0.4) is 0 Å². The number of hydrogen-bond donors (Lipinski definition) is 2. The molecule has 3 aromatic rings. The number of nitrogens with one attached hydrogen (secondary N) is 2. The van der Waals surface area contributed by atoms with Crippen LogP contribution in [0.2, 0.25) is 0 Å². The average molecular weight is 349 g/mol. The molecule has 0 unspecified atom stereocenters. The Bertz CT molecular complexity index is 967. The molecule has 1 aliphatic rings.